The molecule has 0 heterocycles. The first kappa shape index (κ1) is 15.4. The van der Waals surface area contributed by atoms with Gasteiger partial charge in [-0.3, -0.25) is 9.00 Å². The lowest BCUT2D eigenvalue weighted by Crippen LogP contribution is -2.13. The SMILES string of the molecule is O=C(Cc1ccc(F)cc1)CS(=O)c1ccc(F)c(F)c1. The van der Waals surface area contributed by atoms with Gasteiger partial charge >= 0.3 is 0 Å². The lowest BCUT2D eigenvalue weighted by atomic mass is 10.1. The summed E-state index contributed by atoms with van der Waals surface area (Å²) in [7, 11) is -1.74. The monoisotopic (exact) mass is 312 g/mol. The number of carbonyl (C=O) groups excluding carboxylic acids is 1. The number of Topliss-reactive ketones (excluding diaryl/α,β-unsaturated/α-hetero) is 1. The highest BCUT2D eigenvalue weighted by Crippen LogP contribution is 2.13. The Balaban J connectivity index is 2.00. The Labute approximate surface area is 122 Å². The van der Waals surface area contributed by atoms with E-state index in [-0.39, 0.29) is 22.9 Å². The summed E-state index contributed by atoms with van der Waals surface area (Å²) in [4.78, 5) is 11.8. The van der Waals surface area contributed by atoms with Crippen molar-refractivity contribution < 1.29 is 22.2 Å². The summed E-state index contributed by atoms with van der Waals surface area (Å²) in [5, 5.41) is 0. The molecule has 2 aromatic rings. The van der Waals surface area contributed by atoms with Crippen molar-refractivity contribution >= 4 is 16.6 Å². The highest BCUT2D eigenvalue weighted by Gasteiger charge is 2.13. The van der Waals surface area contributed by atoms with Crippen molar-refractivity contribution in [2.75, 3.05) is 5.75 Å². The lowest BCUT2D eigenvalue weighted by Gasteiger charge is -2.03. The first-order valence-electron chi connectivity index (χ1n) is 6.05. The van der Waals surface area contributed by atoms with Gasteiger partial charge in [0.1, 0.15) is 11.6 Å². The van der Waals surface area contributed by atoms with Crippen LogP contribution in [0.2, 0.25) is 0 Å². The van der Waals surface area contributed by atoms with Crippen molar-refractivity contribution in [3.63, 3.8) is 0 Å². The minimum Gasteiger partial charge on any atom is -0.298 e. The highest BCUT2D eigenvalue weighted by atomic mass is 32.2. The van der Waals surface area contributed by atoms with Gasteiger partial charge in [0.15, 0.2) is 11.6 Å². The summed E-state index contributed by atoms with van der Waals surface area (Å²) in [6.07, 6.45) is 0.00962. The van der Waals surface area contributed by atoms with Crippen molar-refractivity contribution in [1.29, 1.82) is 0 Å². The molecule has 21 heavy (non-hydrogen) atoms. The molecule has 0 aliphatic heterocycles. The van der Waals surface area contributed by atoms with Crippen LogP contribution in [0.3, 0.4) is 0 Å². The van der Waals surface area contributed by atoms with E-state index in [0.29, 0.717) is 5.56 Å². The highest BCUT2D eigenvalue weighted by molar-refractivity contribution is 7.85. The zero-order valence-electron chi connectivity index (χ0n) is 10.8. The van der Waals surface area contributed by atoms with Crippen molar-refractivity contribution in [2.24, 2.45) is 0 Å². The Hall–Kier alpha value is -1.95. The molecule has 0 aromatic heterocycles. The molecule has 1 atom stereocenters. The molecule has 2 aromatic carbocycles. The van der Waals surface area contributed by atoms with Gasteiger partial charge in [-0.15, -0.1) is 0 Å². The second kappa shape index (κ2) is 6.67. The van der Waals surface area contributed by atoms with Gasteiger partial charge in [-0.2, -0.15) is 0 Å². The van der Waals surface area contributed by atoms with Crippen LogP contribution in [-0.2, 0) is 22.0 Å². The predicted molar refractivity (Wildman–Crippen MR) is 72.7 cm³/mol. The predicted octanol–water partition coefficient (Wildman–Crippen LogP) is 3.02. The Bertz CT molecular complexity index is 684. The Morgan fingerprint density at radius 1 is 0.952 bits per heavy atom. The minimum atomic E-state index is -1.74. The summed E-state index contributed by atoms with van der Waals surface area (Å²) >= 11 is 0. The van der Waals surface area contributed by atoms with E-state index in [2.05, 4.69) is 0 Å². The third-order valence-electron chi connectivity index (χ3n) is 2.76. The van der Waals surface area contributed by atoms with Gasteiger partial charge < -0.3 is 0 Å². The maximum absolute atomic E-state index is 13.0. The second-order valence-electron chi connectivity index (χ2n) is 4.41. The second-order valence-corrected chi connectivity index (χ2v) is 5.86. The molecule has 0 aliphatic carbocycles. The lowest BCUT2D eigenvalue weighted by molar-refractivity contribution is -0.116. The Morgan fingerprint density at radius 2 is 1.62 bits per heavy atom. The van der Waals surface area contributed by atoms with Crippen LogP contribution in [0.4, 0.5) is 13.2 Å². The van der Waals surface area contributed by atoms with E-state index in [0.717, 1.165) is 12.1 Å². The smallest absolute Gasteiger partial charge is 0.160 e. The first-order valence-corrected chi connectivity index (χ1v) is 7.37. The van der Waals surface area contributed by atoms with E-state index in [9.17, 15) is 22.2 Å². The molecule has 6 heteroatoms. The Kier molecular flexibility index (Phi) is 4.90. The molecule has 0 spiro atoms. The number of halogens is 3. The Morgan fingerprint density at radius 3 is 2.24 bits per heavy atom. The molecule has 0 fully saturated rings. The number of ketones is 1. The molecule has 0 aliphatic rings. The average Bonchev–Trinajstić information content (AvgIpc) is 2.44. The molecule has 0 radical (unpaired) electrons. The van der Waals surface area contributed by atoms with E-state index in [1.807, 2.05) is 0 Å². The van der Waals surface area contributed by atoms with Crippen molar-refractivity contribution in [2.45, 2.75) is 11.3 Å². The molecule has 2 nitrogen and oxygen atoms in total. The minimum absolute atomic E-state index is 0.00962. The largest absolute Gasteiger partial charge is 0.298 e. The van der Waals surface area contributed by atoms with Gasteiger partial charge in [-0.05, 0) is 35.9 Å². The molecular formula is C15H11F3O2S. The van der Waals surface area contributed by atoms with Crippen LogP contribution in [-0.4, -0.2) is 15.7 Å². The van der Waals surface area contributed by atoms with Gasteiger partial charge in [-0.1, -0.05) is 12.1 Å². The molecule has 0 amide bonds. The third-order valence-corrected chi connectivity index (χ3v) is 4.12. The van der Waals surface area contributed by atoms with Crippen LogP contribution in [0.25, 0.3) is 0 Å². The number of hydrogen-bond acceptors (Lipinski definition) is 2. The van der Waals surface area contributed by atoms with Gasteiger partial charge in [0.05, 0.1) is 16.6 Å². The molecule has 1 unspecified atom stereocenters. The van der Waals surface area contributed by atoms with E-state index in [1.165, 1.54) is 30.3 Å². The molecule has 110 valence electrons. The van der Waals surface area contributed by atoms with E-state index in [4.69, 9.17) is 0 Å². The fourth-order valence-corrected chi connectivity index (χ4v) is 2.74. The van der Waals surface area contributed by atoms with Crippen LogP contribution in [0.1, 0.15) is 5.56 Å². The molecule has 0 saturated carbocycles. The number of carbonyl (C=O) groups is 1. The maximum atomic E-state index is 13.0. The fraction of sp³-hybridized carbons (Fsp3) is 0.133. The molecule has 0 saturated heterocycles. The van der Waals surface area contributed by atoms with Gasteiger partial charge in [0.2, 0.25) is 0 Å². The van der Waals surface area contributed by atoms with E-state index >= 15 is 0 Å². The van der Waals surface area contributed by atoms with Gasteiger partial charge in [-0.25, -0.2) is 13.2 Å². The summed E-state index contributed by atoms with van der Waals surface area (Å²) in [6.45, 7) is 0. The molecule has 0 N–H and O–H groups in total. The molecule has 2 rings (SSSR count). The van der Waals surface area contributed by atoms with Crippen LogP contribution in [0.5, 0.6) is 0 Å². The van der Waals surface area contributed by atoms with Crippen molar-refractivity contribution in [1.82, 2.24) is 0 Å². The number of rotatable bonds is 5. The first-order chi connectivity index (χ1) is 9.95. The molecule has 0 bridgehead atoms. The average molecular weight is 312 g/mol. The molecular weight excluding hydrogens is 301 g/mol. The third kappa shape index (κ3) is 4.26. The fourth-order valence-electron chi connectivity index (χ4n) is 1.73. The number of benzene rings is 2. The summed E-state index contributed by atoms with van der Waals surface area (Å²) in [5.41, 5.74) is 0.601. The van der Waals surface area contributed by atoms with Crippen LogP contribution >= 0.6 is 0 Å². The quantitative estimate of drug-likeness (QED) is 0.850. The van der Waals surface area contributed by atoms with Crippen LogP contribution in [0, 0.1) is 17.5 Å². The van der Waals surface area contributed by atoms with E-state index in [1.54, 1.807) is 0 Å². The van der Waals surface area contributed by atoms with Gasteiger partial charge in [0, 0.05) is 11.3 Å². The number of hydrogen-bond donors (Lipinski definition) is 0. The van der Waals surface area contributed by atoms with Crippen molar-refractivity contribution in [3.05, 3.63) is 65.5 Å². The van der Waals surface area contributed by atoms with E-state index < -0.39 is 28.3 Å². The van der Waals surface area contributed by atoms with Crippen LogP contribution in [0.15, 0.2) is 47.4 Å². The topological polar surface area (TPSA) is 34.1 Å². The maximum Gasteiger partial charge on any atom is 0.160 e. The summed E-state index contributed by atoms with van der Waals surface area (Å²) in [5.74, 6) is -3.18. The zero-order chi connectivity index (χ0) is 15.4. The zero-order valence-corrected chi connectivity index (χ0v) is 11.6. The standard InChI is InChI=1S/C15H11F3O2S/c16-11-3-1-10(2-4-11)7-12(19)9-21(20)13-5-6-14(17)15(18)8-13/h1-6,8H,7,9H2. The van der Waals surface area contributed by atoms with Crippen LogP contribution < -0.4 is 0 Å². The van der Waals surface area contributed by atoms with Crippen molar-refractivity contribution in [3.8, 4) is 0 Å². The normalized spacial score (nSPS) is 12.1. The summed E-state index contributed by atoms with van der Waals surface area (Å²) in [6, 6.07) is 8.26. The summed E-state index contributed by atoms with van der Waals surface area (Å²) < 4.78 is 50.4. The van der Waals surface area contributed by atoms with Gasteiger partial charge in [0.25, 0.3) is 0 Å².